The number of hydrogen-bond donors (Lipinski definition) is 1. The van der Waals surface area contributed by atoms with Crippen LogP contribution in [0.2, 0.25) is 0 Å². The molecule has 0 amide bonds. The van der Waals surface area contributed by atoms with Gasteiger partial charge in [0.2, 0.25) is 0 Å². The van der Waals surface area contributed by atoms with E-state index in [0.29, 0.717) is 0 Å². The molecular weight excluding hydrogens is 212 g/mol. The van der Waals surface area contributed by atoms with Crippen LogP contribution in [0.1, 0.15) is 47.9 Å². The van der Waals surface area contributed by atoms with E-state index in [9.17, 15) is 9.90 Å². The average molecular weight is 230 g/mol. The van der Waals surface area contributed by atoms with Gasteiger partial charge in [-0.25, -0.2) is 0 Å². The fraction of sp³-hybridized carbons (Fsp3) is 0.533. The molecular formula is C15H18O2. The minimum absolute atomic E-state index is 0.553. The van der Waals surface area contributed by atoms with Gasteiger partial charge in [0, 0.05) is 0 Å². The molecule has 2 nitrogen and oxygen atoms in total. The van der Waals surface area contributed by atoms with Gasteiger partial charge < -0.3 is 5.11 Å². The van der Waals surface area contributed by atoms with Gasteiger partial charge in [-0.2, -0.15) is 0 Å². The Morgan fingerprint density at radius 3 is 2.47 bits per heavy atom. The Kier molecular flexibility index (Phi) is 2.29. The van der Waals surface area contributed by atoms with Gasteiger partial charge in [-0.3, -0.25) is 4.79 Å². The lowest BCUT2D eigenvalue weighted by Crippen LogP contribution is -2.43. The van der Waals surface area contributed by atoms with Gasteiger partial charge >= 0.3 is 5.97 Å². The molecule has 0 radical (unpaired) electrons. The lowest BCUT2D eigenvalue weighted by atomic mass is 9.63. The number of fused-ring (bicyclic) bond motifs is 1. The molecule has 0 aliphatic heterocycles. The lowest BCUT2D eigenvalue weighted by molar-refractivity contribution is -0.147. The second-order valence-corrected chi connectivity index (χ2v) is 5.48. The number of hydrogen-bond acceptors (Lipinski definition) is 1. The van der Waals surface area contributed by atoms with E-state index in [4.69, 9.17) is 0 Å². The first kappa shape index (κ1) is 10.8. The van der Waals surface area contributed by atoms with Crippen molar-refractivity contribution in [2.45, 2.75) is 50.9 Å². The predicted octanol–water partition coefficient (Wildman–Crippen LogP) is 2.99. The van der Waals surface area contributed by atoms with Crippen molar-refractivity contribution in [2.24, 2.45) is 0 Å². The van der Waals surface area contributed by atoms with Crippen molar-refractivity contribution < 1.29 is 9.90 Å². The molecule has 0 unspecified atom stereocenters. The van der Waals surface area contributed by atoms with Crippen molar-refractivity contribution >= 4 is 5.97 Å². The van der Waals surface area contributed by atoms with Gasteiger partial charge in [0.25, 0.3) is 0 Å². The number of carboxylic acids is 1. The van der Waals surface area contributed by atoms with Crippen LogP contribution in [0.3, 0.4) is 0 Å². The van der Waals surface area contributed by atoms with E-state index in [1.807, 2.05) is 0 Å². The van der Waals surface area contributed by atoms with Crippen LogP contribution < -0.4 is 0 Å². The third-order valence-electron chi connectivity index (χ3n) is 4.65. The normalized spacial score (nSPS) is 20.8. The summed E-state index contributed by atoms with van der Waals surface area (Å²) in [6.07, 6.45) is 6.07. The van der Waals surface area contributed by atoms with Crippen LogP contribution in [-0.4, -0.2) is 11.1 Å². The molecule has 1 fully saturated rings. The van der Waals surface area contributed by atoms with Crippen molar-refractivity contribution in [3.8, 4) is 0 Å². The highest BCUT2D eigenvalue weighted by atomic mass is 16.4. The SMILES string of the molecule is Cc1ccc(C2(C(=O)O)CCC2)c2c1CCC2. The zero-order valence-corrected chi connectivity index (χ0v) is 10.3. The summed E-state index contributed by atoms with van der Waals surface area (Å²) in [7, 11) is 0. The Bertz CT molecular complexity index is 484. The van der Waals surface area contributed by atoms with Crippen molar-refractivity contribution in [1.82, 2.24) is 0 Å². The second kappa shape index (κ2) is 3.59. The van der Waals surface area contributed by atoms with Crippen LogP contribution in [0.25, 0.3) is 0 Å². The highest BCUT2D eigenvalue weighted by Crippen LogP contribution is 2.47. The maximum Gasteiger partial charge on any atom is 0.314 e. The van der Waals surface area contributed by atoms with E-state index in [2.05, 4.69) is 19.1 Å². The summed E-state index contributed by atoms with van der Waals surface area (Å²) in [6, 6.07) is 4.19. The summed E-state index contributed by atoms with van der Waals surface area (Å²) in [6.45, 7) is 2.14. The monoisotopic (exact) mass is 230 g/mol. The average Bonchev–Trinajstić information content (AvgIpc) is 2.68. The van der Waals surface area contributed by atoms with E-state index in [1.54, 1.807) is 0 Å². The van der Waals surface area contributed by atoms with Crippen LogP contribution in [-0.2, 0) is 23.1 Å². The minimum Gasteiger partial charge on any atom is -0.481 e. The minimum atomic E-state index is -0.623. The summed E-state index contributed by atoms with van der Waals surface area (Å²) in [5.41, 5.74) is 4.68. The Morgan fingerprint density at radius 1 is 1.18 bits per heavy atom. The maximum atomic E-state index is 11.6. The number of aliphatic carboxylic acids is 1. The summed E-state index contributed by atoms with van der Waals surface area (Å²) in [5, 5.41) is 9.54. The van der Waals surface area contributed by atoms with Gasteiger partial charge in [-0.15, -0.1) is 0 Å². The molecule has 3 rings (SSSR count). The second-order valence-electron chi connectivity index (χ2n) is 5.48. The molecule has 2 heteroatoms. The van der Waals surface area contributed by atoms with Crippen LogP contribution >= 0.6 is 0 Å². The summed E-state index contributed by atoms with van der Waals surface area (Å²) >= 11 is 0. The Hall–Kier alpha value is -1.31. The molecule has 1 N–H and O–H groups in total. The molecule has 0 aromatic heterocycles. The molecule has 2 aliphatic rings. The molecule has 1 aromatic carbocycles. The van der Waals surface area contributed by atoms with E-state index in [0.717, 1.165) is 37.7 Å². The molecule has 0 bridgehead atoms. The third-order valence-corrected chi connectivity index (χ3v) is 4.65. The standard InChI is InChI=1S/C15H18O2/c1-10-6-7-13(12-5-2-4-11(10)12)15(14(16)17)8-3-9-15/h6-7H,2-5,8-9H2,1H3,(H,16,17). The molecule has 2 aliphatic carbocycles. The van der Waals surface area contributed by atoms with Crippen LogP contribution in [0.5, 0.6) is 0 Å². The predicted molar refractivity (Wildman–Crippen MR) is 66.4 cm³/mol. The van der Waals surface area contributed by atoms with Crippen molar-refractivity contribution in [1.29, 1.82) is 0 Å². The number of aryl methyl sites for hydroxylation is 1. The Morgan fingerprint density at radius 2 is 1.88 bits per heavy atom. The highest BCUT2D eigenvalue weighted by molar-refractivity contribution is 5.83. The third kappa shape index (κ3) is 1.36. The quantitative estimate of drug-likeness (QED) is 0.848. The molecule has 1 saturated carbocycles. The fourth-order valence-electron chi connectivity index (χ4n) is 3.46. The number of benzene rings is 1. The van der Waals surface area contributed by atoms with Crippen molar-refractivity contribution in [3.63, 3.8) is 0 Å². The summed E-state index contributed by atoms with van der Waals surface area (Å²) in [5.74, 6) is -0.623. The smallest absolute Gasteiger partial charge is 0.314 e. The van der Waals surface area contributed by atoms with Crippen molar-refractivity contribution in [3.05, 3.63) is 34.4 Å². The zero-order chi connectivity index (χ0) is 12.0. The highest BCUT2D eigenvalue weighted by Gasteiger charge is 2.47. The lowest BCUT2D eigenvalue weighted by Gasteiger charge is -2.39. The van der Waals surface area contributed by atoms with Gasteiger partial charge in [-0.1, -0.05) is 18.6 Å². The van der Waals surface area contributed by atoms with Crippen LogP contribution in [0.4, 0.5) is 0 Å². The fourth-order valence-corrected chi connectivity index (χ4v) is 3.46. The molecule has 0 atom stereocenters. The van der Waals surface area contributed by atoms with Crippen molar-refractivity contribution in [2.75, 3.05) is 0 Å². The van der Waals surface area contributed by atoms with E-state index >= 15 is 0 Å². The van der Waals surface area contributed by atoms with Gasteiger partial charge in [0.1, 0.15) is 0 Å². The number of carbonyl (C=O) groups is 1. The first-order valence-corrected chi connectivity index (χ1v) is 6.50. The molecule has 17 heavy (non-hydrogen) atoms. The van der Waals surface area contributed by atoms with E-state index in [-0.39, 0.29) is 0 Å². The topological polar surface area (TPSA) is 37.3 Å². The molecule has 0 spiro atoms. The largest absolute Gasteiger partial charge is 0.481 e. The van der Waals surface area contributed by atoms with Gasteiger partial charge in [-0.05, 0) is 61.3 Å². The van der Waals surface area contributed by atoms with Crippen LogP contribution in [0, 0.1) is 6.92 Å². The molecule has 1 aromatic rings. The first-order valence-electron chi connectivity index (χ1n) is 6.50. The van der Waals surface area contributed by atoms with Gasteiger partial charge in [0.15, 0.2) is 0 Å². The summed E-state index contributed by atoms with van der Waals surface area (Å²) < 4.78 is 0. The van der Waals surface area contributed by atoms with Crippen LogP contribution in [0.15, 0.2) is 12.1 Å². The van der Waals surface area contributed by atoms with E-state index < -0.39 is 11.4 Å². The van der Waals surface area contributed by atoms with E-state index in [1.165, 1.54) is 23.1 Å². The molecule has 0 saturated heterocycles. The number of carboxylic acid groups (broad SMARTS) is 1. The summed E-state index contributed by atoms with van der Waals surface area (Å²) in [4.78, 5) is 11.6. The molecule has 90 valence electrons. The molecule has 0 heterocycles. The zero-order valence-electron chi connectivity index (χ0n) is 10.3. The maximum absolute atomic E-state index is 11.6. The Balaban J connectivity index is 2.16. The first-order chi connectivity index (χ1) is 8.15. The number of rotatable bonds is 2. The Labute approximate surface area is 102 Å². The van der Waals surface area contributed by atoms with Gasteiger partial charge in [0.05, 0.1) is 5.41 Å².